The molecular formula is C50H99N5O4. The van der Waals surface area contributed by atoms with Crippen LogP contribution in [0, 0.1) is 11.5 Å². The Hall–Kier alpha value is -2.15. The number of carbonyl (C=O) groups is 1. The smallest absolute Gasteiger partial charge is 0.306 e. The first-order valence-corrected chi connectivity index (χ1v) is 25.1. The predicted molar refractivity (Wildman–Crippen MR) is 254 cm³/mol. The minimum absolute atomic E-state index is 0. The maximum absolute atomic E-state index is 12.1. The van der Waals surface area contributed by atoms with Gasteiger partial charge in [0, 0.05) is 35.1 Å². The second kappa shape index (κ2) is 46.9. The molecule has 0 aliphatic heterocycles. The second-order valence-corrected chi connectivity index (χ2v) is 17.1. The molecule has 348 valence electrons. The lowest BCUT2D eigenvalue weighted by atomic mass is 10.0. The van der Waals surface area contributed by atoms with E-state index in [-0.39, 0.29) is 7.40 Å². The van der Waals surface area contributed by atoms with Crippen LogP contribution >= 0.6 is 0 Å². The number of unbranched alkanes of at least 4 members (excludes halogenated alkanes) is 23. The number of nitriles is 1. The molecular weight excluding hydrogens is 735 g/mol. The van der Waals surface area contributed by atoms with Gasteiger partial charge in [-0.05, 0) is 77.4 Å². The third kappa shape index (κ3) is 42.3. The number of nitrogens with zero attached hydrogens (tertiary/aromatic N) is 4. The summed E-state index contributed by atoms with van der Waals surface area (Å²) in [6.45, 7) is 12.4. The van der Waals surface area contributed by atoms with Crippen LogP contribution in [0.25, 0.3) is 0 Å². The van der Waals surface area contributed by atoms with Gasteiger partial charge in [-0.15, -0.1) is 0 Å². The Labute approximate surface area is 367 Å². The summed E-state index contributed by atoms with van der Waals surface area (Å²) < 4.78 is 17.6. The number of allylic oxidation sites excluding steroid dienone is 1. The average molecular weight is 834 g/mol. The molecule has 0 rings (SSSR count). The summed E-state index contributed by atoms with van der Waals surface area (Å²) in [7, 11) is 3.81. The van der Waals surface area contributed by atoms with Gasteiger partial charge in [0.15, 0.2) is 6.19 Å². The first-order valence-electron chi connectivity index (χ1n) is 25.1. The molecule has 1 N–H and O–H groups in total. The molecule has 0 unspecified atom stereocenters. The molecule has 0 amide bonds. The van der Waals surface area contributed by atoms with E-state index in [0.717, 1.165) is 64.8 Å². The fraction of sp³-hybridized carbons (Fsp3) is 0.900. The number of nitrogens with one attached hydrogen (secondary N) is 1. The van der Waals surface area contributed by atoms with Crippen LogP contribution in [0.15, 0.2) is 17.1 Å². The van der Waals surface area contributed by atoms with Gasteiger partial charge in [-0.3, -0.25) is 15.1 Å². The van der Waals surface area contributed by atoms with Gasteiger partial charge in [-0.25, -0.2) is 0 Å². The molecule has 59 heavy (non-hydrogen) atoms. The Balaban J connectivity index is 0. The van der Waals surface area contributed by atoms with E-state index >= 15 is 0 Å². The first kappa shape index (κ1) is 56.9. The van der Waals surface area contributed by atoms with Crippen molar-refractivity contribution in [3.63, 3.8) is 0 Å². The van der Waals surface area contributed by atoms with Gasteiger partial charge in [0.2, 0.25) is 5.96 Å². The largest absolute Gasteiger partial charge is 0.461 e. The lowest BCUT2D eigenvalue weighted by Gasteiger charge is -2.22. The summed E-state index contributed by atoms with van der Waals surface area (Å²) in [5, 5.41) is 11.7. The number of rotatable bonds is 45. The maximum Gasteiger partial charge on any atom is 0.306 e. The molecule has 0 radical (unpaired) electrons. The van der Waals surface area contributed by atoms with Gasteiger partial charge in [-0.2, -0.15) is 5.26 Å². The fourth-order valence-corrected chi connectivity index (χ4v) is 7.45. The molecule has 0 aromatic carbocycles. The van der Waals surface area contributed by atoms with Gasteiger partial charge >= 0.3 is 5.97 Å². The number of carbonyl (C=O) groups excluding carboxylic acids is 1. The van der Waals surface area contributed by atoms with E-state index in [9.17, 15) is 4.79 Å². The Morgan fingerprint density at radius 2 is 1.17 bits per heavy atom. The molecule has 0 heterocycles. The molecule has 0 saturated heterocycles. The minimum atomic E-state index is -0.0730. The van der Waals surface area contributed by atoms with E-state index in [0.29, 0.717) is 38.4 Å². The van der Waals surface area contributed by atoms with Crippen LogP contribution in [0.3, 0.4) is 0 Å². The highest BCUT2D eigenvalue weighted by molar-refractivity contribution is 5.80. The SMILES string of the molecule is CCCCCC/C=C\COC(=O)CCCCCCCN(CCCCCCCCOCOC(CCCCCCCC)CCCCCCCC)CCCN=C(NC#N)N(C)C.[HH]. The molecule has 0 aliphatic rings. The highest BCUT2D eigenvalue weighted by Crippen LogP contribution is 2.17. The van der Waals surface area contributed by atoms with Crippen molar-refractivity contribution in [1.82, 2.24) is 15.1 Å². The van der Waals surface area contributed by atoms with Crippen LogP contribution in [0.4, 0.5) is 0 Å². The molecule has 0 atom stereocenters. The van der Waals surface area contributed by atoms with Crippen LogP contribution in [0.5, 0.6) is 0 Å². The van der Waals surface area contributed by atoms with Crippen LogP contribution in [-0.2, 0) is 19.0 Å². The van der Waals surface area contributed by atoms with Crippen LogP contribution in [0.2, 0.25) is 0 Å². The Bertz CT molecular complexity index is 976. The second-order valence-electron chi connectivity index (χ2n) is 17.1. The van der Waals surface area contributed by atoms with Gasteiger partial charge in [0.25, 0.3) is 0 Å². The summed E-state index contributed by atoms with van der Waals surface area (Å²) in [5.74, 6) is 0.544. The number of hydrogen-bond donors (Lipinski definition) is 1. The van der Waals surface area contributed by atoms with Crippen molar-refractivity contribution in [2.24, 2.45) is 4.99 Å². The van der Waals surface area contributed by atoms with Crippen molar-refractivity contribution < 1.29 is 20.4 Å². The number of esters is 1. The normalized spacial score (nSPS) is 11.9. The molecule has 9 nitrogen and oxygen atoms in total. The van der Waals surface area contributed by atoms with E-state index in [1.807, 2.05) is 31.3 Å². The van der Waals surface area contributed by atoms with Crippen molar-refractivity contribution in [2.45, 2.75) is 232 Å². The van der Waals surface area contributed by atoms with E-state index in [1.54, 1.807) is 0 Å². The summed E-state index contributed by atoms with van der Waals surface area (Å²) >= 11 is 0. The third-order valence-corrected chi connectivity index (χ3v) is 11.2. The predicted octanol–water partition coefficient (Wildman–Crippen LogP) is 13.5. The van der Waals surface area contributed by atoms with Gasteiger partial charge < -0.3 is 24.0 Å². The van der Waals surface area contributed by atoms with Crippen LogP contribution < -0.4 is 5.32 Å². The topological polar surface area (TPSA) is 99.4 Å². The summed E-state index contributed by atoms with van der Waals surface area (Å²) in [5.41, 5.74) is 0. The van der Waals surface area contributed by atoms with Crippen molar-refractivity contribution in [3.05, 3.63) is 12.2 Å². The lowest BCUT2D eigenvalue weighted by Crippen LogP contribution is -2.34. The van der Waals surface area contributed by atoms with Crippen molar-refractivity contribution >= 4 is 11.9 Å². The number of hydrogen-bond acceptors (Lipinski definition) is 7. The van der Waals surface area contributed by atoms with Crippen molar-refractivity contribution in [3.8, 4) is 6.19 Å². The molecule has 0 aromatic rings. The molecule has 0 spiro atoms. The van der Waals surface area contributed by atoms with Gasteiger partial charge in [0.1, 0.15) is 13.4 Å². The van der Waals surface area contributed by atoms with Crippen molar-refractivity contribution in [1.29, 1.82) is 5.26 Å². The highest BCUT2D eigenvalue weighted by Gasteiger charge is 2.10. The van der Waals surface area contributed by atoms with Crippen molar-refractivity contribution in [2.75, 3.05) is 60.3 Å². The minimum Gasteiger partial charge on any atom is -0.461 e. The van der Waals surface area contributed by atoms with Crippen LogP contribution in [0.1, 0.15) is 228 Å². The monoisotopic (exact) mass is 834 g/mol. The third-order valence-electron chi connectivity index (χ3n) is 11.2. The summed E-state index contributed by atoms with van der Waals surface area (Å²) in [6, 6.07) is 0. The summed E-state index contributed by atoms with van der Waals surface area (Å²) in [6.07, 6.45) is 45.4. The number of guanidine groups is 1. The lowest BCUT2D eigenvalue weighted by molar-refractivity contribution is -0.142. The average Bonchev–Trinajstić information content (AvgIpc) is 3.23. The zero-order valence-electron chi connectivity index (χ0n) is 39.7. The molecule has 0 fully saturated rings. The molecule has 9 heteroatoms. The van der Waals surface area contributed by atoms with Gasteiger partial charge in [0.05, 0.1) is 6.10 Å². The first-order chi connectivity index (χ1) is 29.0. The standard InChI is InChI=1S/C50H97N5O4.H2/c1-6-9-12-15-19-28-35-45-58-49(56)39-31-24-21-26-33-42-55(43-36-40-52-50(53-46-51)54(4)5)41-32-25-18-20-27-34-44-57-47-59-48(37-29-22-16-13-10-7-2)38-30-23-17-14-11-8-3;/h28,35,48H,6-27,29-34,36-45,47H2,1-5H3,(H,52,53);1H/b35-28-;. The summed E-state index contributed by atoms with van der Waals surface area (Å²) in [4.78, 5) is 21.2. The van der Waals surface area contributed by atoms with E-state index < -0.39 is 0 Å². The van der Waals surface area contributed by atoms with Crippen LogP contribution in [-0.4, -0.2) is 88.1 Å². The maximum atomic E-state index is 12.1. The quantitative estimate of drug-likeness (QED) is 0.00946. The Morgan fingerprint density at radius 3 is 1.75 bits per heavy atom. The molecule has 0 bridgehead atoms. The highest BCUT2D eigenvalue weighted by atomic mass is 16.7. The number of aliphatic imine (C=N–C) groups is 1. The van der Waals surface area contributed by atoms with E-state index in [1.165, 1.54) is 161 Å². The Kier molecular flexibility index (Phi) is 45.2. The number of ether oxygens (including phenoxy) is 3. The van der Waals surface area contributed by atoms with E-state index in [2.05, 4.69) is 42.1 Å². The van der Waals surface area contributed by atoms with E-state index in [4.69, 9.17) is 19.5 Å². The zero-order valence-corrected chi connectivity index (χ0v) is 39.7. The molecule has 0 aromatic heterocycles. The molecule has 0 saturated carbocycles. The fourth-order valence-electron chi connectivity index (χ4n) is 7.45. The zero-order chi connectivity index (χ0) is 43.1. The molecule has 0 aliphatic carbocycles. The van der Waals surface area contributed by atoms with Gasteiger partial charge in [-0.1, -0.05) is 174 Å². The Morgan fingerprint density at radius 1 is 0.661 bits per heavy atom.